The van der Waals surface area contributed by atoms with Crippen molar-refractivity contribution < 1.29 is 14.3 Å². The molecule has 0 saturated carbocycles. The predicted molar refractivity (Wildman–Crippen MR) is 108 cm³/mol. The number of nitrogens with zero attached hydrogens (tertiary/aromatic N) is 2. The highest BCUT2D eigenvalue weighted by Crippen LogP contribution is 2.38. The lowest BCUT2D eigenvalue weighted by atomic mass is 10.0. The second-order valence-corrected chi connectivity index (χ2v) is 7.81. The Hall–Kier alpha value is -2.12. The van der Waals surface area contributed by atoms with Crippen LogP contribution in [0.3, 0.4) is 0 Å². The number of piperidine rings is 1. The smallest absolute Gasteiger partial charge is 0.270 e. The maximum Gasteiger partial charge on any atom is 0.270 e. The molecule has 3 rings (SSSR count). The first-order valence-electron chi connectivity index (χ1n) is 9.25. The SMILES string of the molecule is COc1cccc(-c2nc(C(=O)NC3CCN(C(C)C)CC3)cs2)c1OC. The van der Waals surface area contributed by atoms with Crippen molar-refractivity contribution in [3.8, 4) is 22.1 Å². The molecule has 7 heteroatoms. The van der Waals surface area contributed by atoms with E-state index in [4.69, 9.17) is 9.47 Å². The summed E-state index contributed by atoms with van der Waals surface area (Å²) in [5, 5.41) is 5.67. The first-order chi connectivity index (χ1) is 13.0. The lowest BCUT2D eigenvalue weighted by molar-refractivity contribution is 0.0896. The molecule has 27 heavy (non-hydrogen) atoms. The van der Waals surface area contributed by atoms with Crippen molar-refractivity contribution in [1.29, 1.82) is 0 Å². The second-order valence-electron chi connectivity index (χ2n) is 6.96. The van der Waals surface area contributed by atoms with Gasteiger partial charge >= 0.3 is 0 Å². The van der Waals surface area contributed by atoms with Crippen LogP contribution < -0.4 is 14.8 Å². The van der Waals surface area contributed by atoms with Crippen LogP contribution in [-0.4, -0.2) is 55.2 Å². The van der Waals surface area contributed by atoms with Crippen LogP contribution in [0.15, 0.2) is 23.6 Å². The molecule has 1 amide bonds. The molecular formula is C20H27N3O3S. The van der Waals surface area contributed by atoms with Crippen molar-refractivity contribution in [3.63, 3.8) is 0 Å². The first kappa shape index (κ1) is 19.6. The summed E-state index contributed by atoms with van der Waals surface area (Å²) in [7, 11) is 3.21. The minimum atomic E-state index is -0.109. The molecule has 1 N–H and O–H groups in total. The number of rotatable bonds is 6. The molecule has 146 valence electrons. The molecule has 1 aromatic carbocycles. The first-order valence-corrected chi connectivity index (χ1v) is 10.1. The predicted octanol–water partition coefficient (Wildman–Crippen LogP) is 3.43. The fourth-order valence-corrected chi connectivity index (χ4v) is 4.20. The number of para-hydroxylation sites is 1. The zero-order chi connectivity index (χ0) is 19.4. The summed E-state index contributed by atoms with van der Waals surface area (Å²) in [5.41, 5.74) is 1.28. The molecule has 1 fully saturated rings. The zero-order valence-corrected chi connectivity index (χ0v) is 17.1. The Bertz CT molecular complexity index is 783. The third-order valence-corrected chi connectivity index (χ3v) is 5.84. The number of hydrogen-bond acceptors (Lipinski definition) is 6. The van der Waals surface area contributed by atoms with E-state index in [0.717, 1.165) is 36.5 Å². The van der Waals surface area contributed by atoms with Crippen LogP contribution >= 0.6 is 11.3 Å². The van der Waals surface area contributed by atoms with E-state index >= 15 is 0 Å². The minimum Gasteiger partial charge on any atom is -0.493 e. The van der Waals surface area contributed by atoms with Crippen molar-refractivity contribution in [2.24, 2.45) is 0 Å². The Kier molecular flexibility index (Phi) is 6.34. The molecule has 1 aliphatic rings. The lowest BCUT2D eigenvalue weighted by Gasteiger charge is -2.34. The van der Waals surface area contributed by atoms with Crippen molar-refractivity contribution in [2.45, 2.75) is 38.8 Å². The Morgan fingerprint density at radius 3 is 2.63 bits per heavy atom. The van der Waals surface area contributed by atoms with Gasteiger partial charge in [0.2, 0.25) is 0 Å². The van der Waals surface area contributed by atoms with E-state index in [1.165, 1.54) is 11.3 Å². The van der Waals surface area contributed by atoms with Crippen LogP contribution in [0.2, 0.25) is 0 Å². The largest absolute Gasteiger partial charge is 0.493 e. The van der Waals surface area contributed by atoms with Crippen molar-refractivity contribution in [3.05, 3.63) is 29.3 Å². The van der Waals surface area contributed by atoms with E-state index in [2.05, 4.69) is 29.0 Å². The summed E-state index contributed by atoms with van der Waals surface area (Å²) in [4.78, 5) is 19.6. The minimum absolute atomic E-state index is 0.109. The summed E-state index contributed by atoms with van der Waals surface area (Å²) in [6.07, 6.45) is 1.95. The lowest BCUT2D eigenvalue weighted by Crippen LogP contribution is -2.46. The number of methoxy groups -OCH3 is 2. The molecule has 0 radical (unpaired) electrons. The molecular weight excluding hydrogens is 362 g/mol. The van der Waals surface area contributed by atoms with Crippen molar-refractivity contribution >= 4 is 17.2 Å². The summed E-state index contributed by atoms with van der Waals surface area (Å²) >= 11 is 1.43. The van der Waals surface area contributed by atoms with Gasteiger partial charge in [-0.2, -0.15) is 0 Å². The monoisotopic (exact) mass is 389 g/mol. The van der Waals surface area contributed by atoms with Gasteiger partial charge in [0.1, 0.15) is 10.7 Å². The normalized spacial score (nSPS) is 15.7. The van der Waals surface area contributed by atoms with Crippen LogP contribution in [0.5, 0.6) is 11.5 Å². The maximum atomic E-state index is 12.6. The average molecular weight is 390 g/mol. The Labute approximate surface area is 164 Å². The molecule has 0 unspecified atom stereocenters. The summed E-state index contributed by atoms with van der Waals surface area (Å²) < 4.78 is 10.8. The van der Waals surface area contributed by atoms with Gasteiger partial charge in [0, 0.05) is 30.6 Å². The summed E-state index contributed by atoms with van der Waals surface area (Å²) in [6.45, 7) is 6.46. The molecule has 2 aromatic rings. The summed E-state index contributed by atoms with van der Waals surface area (Å²) in [6, 6.07) is 6.42. The van der Waals surface area contributed by atoms with Crippen LogP contribution in [0.25, 0.3) is 10.6 Å². The summed E-state index contributed by atoms with van der Waals surface area (Å²) in [5.74, 6) is 1.16. The van der Waals surface area contributed by atoms with Crippen molar-refractivity contribution in [1.82, 2.24) is 15.2 Å². The van der Waals surface area contributed by atoms with Gasteiger partial charge in [-0.3, -0.25) is 4.79 Å². The van der Waals surface area contributed by atoms with Gasteiger partial charge in [0.15, 0.2) is 11.5 Å². The maximum absolute atomic E-state index is 12.6. The van der Waals surface area contributed by atoms with Crippen molar-refractivity contribution in [2.75, 3.05) is 27.3 Å². The molecule has 6 nitrogen and oxygen atoms in total. The molecule has 2 heterocycles. The number of thiazole rings is 1. The molecule has 1 saturated heterocycles. The molecule has 0 aliphatic carbocycles. The fraction of sp³-hybridized carbons (Fsp3) is 0.500. The van der Waals surface area contributed by atoms with Crippen LogP contribution in [0.4, 0.5) is 0 Å². The number of likely N-dealkylation sites (tertiary alicyclic amines) is 1. The third kappa shape index (κ3) is 4.42. The van der Waals surface area contributed by atoms with E-state index in [-0.39, 0.29) is 11.9 Å². The molecule has 1 aliphatic heterocycles. The Morgan fingerprint density at radius 1 is 1.26 bits per heavy atom. The highest BCUT2D eigenvalue weighted by Gasteiger charge is 2.24. The standard InChI is InChI=1S/C20H27N3O3S/c1-13(2)23-10-8-14(9-11-23)21-19(24)16-12-27-20(22-16)15-6-5-7-17(25-3)18(15)26-4/h5-7,12-14H,8-11H2,1-4H3,(H,21,24). The third-order valence-electron chi connectivity index (χ3n) is 4.97. The van der Waals surface area contributed by atoms with Crippen LogP contribution in [0, 0.1) is 0 Å². The highest BCUT2D eigenvalue weighted by molar-refractivity contribution is 7.13. The number of carbonyl (C=O) groups excluding carboxylic acids is 1. The van der Waals surface area contributed by atoms with Crippen LogP contribution in [-0.2, 0) is 0 Å². The number of carbonyl (C=O) groups is 1. The molecule has 0 bridgehead atoms. The molecule has 0 spiro atoms. The topological polar surface area (TPSA) is 63.7 Å². The van der Waals surface area contributed by atoms with Gasteiger partial charge in [0.05, 0.1) is 19.8 Å². The fourth-order valence-electron chi connectivity index (χ4n) is 3.38. The van der Waals surface area contributed by atoms with Crippen LogP contribution in [0.1, 0.15) is 37.2 Å². The van der Waals surface area contributed by atoms with E-state index in [1.54, 1.807) is 19.6 Å². The molecule has 0 atom stereocenters. The van der Waals surface area contributed by atoms with E-state index in [9.17, 15) is 4.79 Å². The number of amides is 1. The van der Waals surface area contributed by atoms with Gasteiger partial charge in [-0.1, -0.05) is 6.07 Å². The van der Waals surface area contributed by atoms with Gasteiger partial charge in [0.25, 0.3) is 5.91 Å². The van der Waals surface area contributed by atoms with Gasteiger partial charge < -0.3 is 19.7 Å². The highest BCUT2D eigenvalue weighted by atomic mass is 32.1. The van der Waals surface area contributed by atoms with Gasteiger partial charge in [-0.15, -0.1) is 11.3 Å². The van der Waals surface area contributed by atoms with Gasteiger partial charge in [-0.05, 0) is 38.8 Å². The number of ether oxygens (including phenoxy) is 2. The second kappa shape index (κ2) is 8.71. The van der Waals surface area contributed by atoms with E-state index in [0.29, 0.717) is 23.2 Å². The zero-order valence-electron chi connectivity index (χ0n) is 16.3. The Balaban J connectivity index is 1.69. The number of aromatic nitrogens is 1. The average Bonchev–Trinajstić information content (AvgIpc) is 3.17. The van der Waals surface area contributed by atoms with E-state index < -0.39 is 0 Å². The van der Waals surface area contributed by atoms with E-state index in [1.807, 2.05) is 18.2 Å². The Morgan fingerprint density at radius 2 is 2.00 bits per heavy atom. The molecule has 1 aromatic heterocycles. The number of nitrogens with one attached hydrogen (secondary N) is 1. The number of hydrogen-bond donors (Lipinski definition) is 1. The number of benzene rings is 1. The quantitative estimate of drug-likeness (QED) is 0.820. The van der Waals surface area contributed by atoms with Gasteiger partial charge in [-0.25, -0.2) is 4.98 Å².